The molecule has 2 amide bonds. The summed E-state index contributed by atoms with van der Waals surface area (Å²) in [5.74, 6) is -0.0772. The molecule has 0 spiro atoms. The predicted molar refractivity (Wildman–Crippen MR) is 80.4 cm³/mol. The number of hydrogen-bond acceptors (Lipinski definition) is 4. The Hall–Kier alpha value is -2.50. The molecule has 0 saturated carbocycles. The number of likely N-dealkylation sites (tertiary alicyclic amines) is 1. The molecule has 1 aromatic carbocycles. The van der Waals surface area contributed by atoms with Gasteiger partial charge in [0.05, 0.1) is 13.2 Å². The third-order valence-corrected chi connectivity index (χ3v) is 3.34. The summed E-state index contributed by atoms with van der Waals surface area (Å²) >= 11 is 0. The normalized spacial score (nSPS) is 18.0. The molecular formula is C15H19N3O3. The summed E-state index contributed by atoms with van der Waals surface area (Å²) in [7, 11) is 1.32. The van der Waals surface area contributed by atoms with Crippen molar-refractivity contribution in [1.82, 2.24) is 10.2 Å². The van der Waals surface area contributed by atoms with Crippen molar-refractivity contribution < 1.29 is 14.3 Å². The first-order valence-electron chi connectivity index (χ1n) is 6.75. The van der Waals surface area contributed by atoms with E-state index < -0.39 is 6.09 Å². The highest BCUT2D eigenvalue weighted by atomic mass is 16.5. The van der Waals surface area contributed by atoms with E-state index in [1.165, 1.54) is 13.2 Å². The molecule has 0 radical (unpaired) electrons. The molecule has 6 heteroatoms. The molecule has 0 aromatic heterocycles. The van der Waals surface area contributed by atoms with Gasteiger partial charge >= 0.3 is 6.09 Å². The zero-order valence-corrected chi connectivity index (χ0v) is 11.9. The van der Waals surface area contributed by atoms with Crippen molar-refractivity contribution in [3.8, 4) is 0 Å². The van der Waals surface area contributed by atoms with Crippen LogP contribution in [0, 0.1) is 0 Å². The second-order valence-electron chi connectivity index (χ2n) is 4.91. The molecule has 112 valence electrons. The second kappa shape index (κ2) is 6.78. The summed E-state index contributed by atoms with van der Waals surface area (Å²) in [5, 5.41) is 2.70. The van der Waals surface area contributed by atoms with Gasteiger partial charge < -0.3 is 20.7 Å². The Kier molecular flexibility index (Phi) is 4.81. The molecule has 0 bridgehead atoms. The van der Waals surface area contributed by atoms with E-state index in [9.17, 15) is 9.59 Å². The zero-order chi connectivity index (χ0) is 15.2. The zero-order valence-electron chi connectivity index (χ0n) is 11.9. The van der Waals surface area contributed by atoms with Gasteiger partial charge in [-0.2, -0.15) is 0 Å². The van der Waals surface area contributed by atoms with E-state index in [0.717, 1.165) is 12.0 Å². The molecule has 1 fully saturated rings. The van der Waals surface area contributed by atoms with Crippen LogP contribution in [0.15, 0.2) is 30.3 Å². The van der Waals surface area contributed by atoms with Crippen LogP contribution in [0.2, 0.25) is 0 Å². The first-order valence-corrected chi connectivity index (χ1v) is 6.75. The summed E-state index contributed by atoms with van der Waals surface area (Å²) in [6, 6.07) is 7.26. The highest BCUT2D eigenvalue weighted by molar-refractivity contribution is 5.92. The summed E-state index contributed by atoms with van der Waals surface area (Å²) < 4.78 is 4.55. The molecule has 1 aliphatic rings. The summed E-state index contributed by atoms with van der Waals surface area (Å²) in [4.78, 5) is 24.9. The summed E-state index contributed by atoms with van der Waals surface area (Å²) in [5.41, 5.74) is 7.23. The number of amides is 2. The number of ether oxygens (including phenoxy) is 1. The van der Waals surface area contributed by atoms with Gasteiger partial charge in [0.25, 0.3) is 0 Å². The molecular weight excluding hydrogens is 270 g/mol. The van der Waals surface area contributed by atoms with E-state index in [1.807, 2.05) is 12.1 Å². The second-order valence-corrected chi connectivity index (χ2v) is 4.91. The number of methoxy groups -OCH3 is 1. The Morgan fingerprint density at radius 2 is 2.29 bits per heavy atom. The van der Waals surface area contributed by atoms with Crippen LogP contribution in [0.4, 0.5) is 10.5 Å². The van der Waals surface area contributed by atoms with Gasteiger partial charge in [-0.25, -0.2) is 4.79 Å². The quantitative estimate of drug-likeness (QED) is 0.647. The van der Waals surface area contributed by atoms with Gasteiger partial charge in [-0.15, -0.1) is 0 Å². The minimum atomic E-state index is -0.468. The summed E-state index contributed by atoms with van der Waals surface area (Å²) in [6.45, 7) is 1.12. The average molecular weight is 289 g/mol. The van der Waals surface area contributed by atoms with E-state index in [0.29, 0.717) is 18.8 Å². The largest absolute Gasteiger partial charge is 0.453 e. The highest BCUT2D eigenvalue weighted by Crippen LogP contribution is 2.12. The van der Waals surface area contributed by atoms with Crippen LogP contribution in [0.5, 0.6) is 0 Å². The maximum atomic E-state index is 12.1. The molecule has 1 aliphatic heterocycles. The van der Waals surface area contributed by atoms with Crippen molar-refractivity contribution in [3.63, 3.8) is 0 Å². The SMILES string of the molecule is COC(=O)NC1CCN(C(=O)/C=C/c2cccc(N)c2)C1. The van der Waals surface area contributed by atoms with Crippen molar-refractivity contribution >= 4 is 23.8 Å². The lowest BCUT2D eigenvalue weighted by molar-refractivity contribution is -0.125. The molecule has 2 rings (SSSR count). The number of nitrogen functional groups attached to an aromatic ring is 1. The fourth-order valence-corrected chi connectivity index (χ4v) is 2.24. The van der Waals surface area contributed by atoms with Crippen molar-refractivity contribution in [1.29, 1.82) is 0 Å². The third-order valence-electron chi connectivity index (χ3n) is 3.34. The van der Waals surface area contributed by atoms with E-state index in [1.54, 1.807) is 23.1 Å². The predicted octanol–water partition coefficient (Wildman–Crippen LogP) is 1.24. The van der Waals surface area contributed by atoms with Crippen LogP contribution < -0.4 is 11.1 Å². The standard InChI is InChI=1S/C15H19N3O3/c1-21-15(20)17-13-7-8-18(10-13)14(19)6-5-11-3-2-4-12(16)9-11/h2-6,9,13H,7-8,10,16H2,1H3,(H,17,20)/b6-5+. The number of benzene rings is 1. The smallest absolute Gasteiger partial charge is 0.407 e. The number of nitrogens with two attached hydrogens (primary N) is 1. The number of nitrogens with zero attached hydrogens (tertiary/aromatic N) is 1. The number of carbonyl (C=O) groups is 2. The van der Waals surface area contributed by atoms with E-state index >= 15 is 0 Å². The van der Waals surface area contributed by atoms with Crippen LogP contribution in [0.1, 0.15) is 12.0 Å². The Balaban J connectivity index is 1.88. The van der Waals surface area contributed by atoms with Gasteiger partial charge in [-0.05, 0) is 30.2 Å². The van der Waals surface area contributed by atoms with Crippen molar-refractivity contribution in [2.45, 2.75) is 12.5 Å². The van der Waals surface area contributed by atoms with Gasteiger partial charge in [-0.1, -0.05) is 12.1 Å². The van der Waals surface area contributed by atoms with Crippen LogP contribution >= 0.6 is 0 Å². The third kappa shape index (κ3) is 4.24. The first-order chi connectivity index (χ1) is 10.1. The van der Waals surface area contributed by atoms with Crippen LogP contribution in [0.25, 0.3) is 6.08 Å². The Morgan fingerprint density at radius 1 is 1.48 bits per heavy atom. The monoisotopic (exact) mass is 289 g/mol. The van der Waals surface area contributed by atoms with Crippen molar-refractivity contribution in [3.05, 3.63) is 35.9 Å². The molecule has 21 heavy (non-hydrogen) atoms. The van der Waals surface area contributed by atoms with Crippen LogP contribution in [-0.2, 0) is 9.53 Å². The average Bonchev–Trinajstić information content (AvgIpc) is 2.93. The van der Waals surface area contributed by atoms with Crippen LogP contribution in [-0.4, -0.2) is 43.1 Å². The van der Waals surface area contributed by atoms with Gasteiger partial charge in [0.2, 0.25) is 5.91 Å². The number of anilines is 1. The minimum Gasteiger partial charge on any atom is -0.453 e. The molecule has 1 aromatic rings. The lowest BCUT2D eigenvalue weighted by Crippen LogP contribution is -2.38. The minimum absolute atomic E-state index is 0.0535. The van der Waals surface area contributed by atoms with E-state index in [4.69, 9.17) is 5.73 Å². The van der Waals surface area contributed by atoms with E-state index in [2.05, 4.69) is 10.1 Å². The van der Waals surface area contributed by atoms with Crippen molar-refractivity contribution in [2.24, 2.45) is 0 Å². The number of rotatable bonds is 3. The molecule has 3 N–H and O–H groups in total. The molecule has 0 aliphatic carbocycles. The number of carbonyl (C=O) groups excluding carboxylic acids is 2. The maximum Gasteiger partial charge on any atom is 0.407 e. The van der Waals surface area contributed by atoms with Gasteiger partial charge in [0.15, 0.2) is 0 Å². The fourth-order valence-electron chi connectivity index (χ4n) is 2.24. The van der Waals surface area contributed by atoms with E-state index in [-0.39, 0.29) is 11.9 Å². The van der Waals surface area contributed by atoms with Gasteiger partial charge in [0, 0.05) is 24.9 Å². The molecule has 6 nitrogen and oxygen atoms in total. The fraction of sp³-hybridized carbons (Fsp3) is 0.333. The first kappa shape index (κ1) is 14.9. The molecule has 1 heterocycles. The maximum absolute atomic E-state index is 12.1. The van der Waals surface area contributed by atoms with Crippen molar-refractivity contribution in [2.75, 3.05) is 25.9 Å². The molecule has 1 unspecified atom stereocenters. The Morgan fingerprint density at radius 3 is 3.00 bits per heavy atom. The molecule has 1 saturated heterocycles. The number of nitrogens with one attached hydrogen (secondary N) is 1. The van der Waals surface area contributed by atoms with Crippen LogP contribution in [0.3, 0.4) is 0 Å². The lowest BCUT2D eigenvalue weighted by atomic mass is 10.2. The topological polar surface area (TPSA) is 84.7 Å². The number of alkyl carbamates (subject to hydrolysis) is 1. The Labute approximate surface area is 123 Å². The lowest BCUT2D eigenvalue weighted by Gasteiger charge is -2.14. The number of hydrogen-bond donors (Lipinski definition) is 2. The Bertz CT molecular complexity index is 557. The van der Waals surface area contributed by atoms with Gasteiger partial charge in [-0.3, -0.25) is 4.79 Å². The van der Waals surface area contributed by atoms with Gasteiger partial charge in [0.1, 0.15) is 0 Å². The molecule has 1 atom stereocenters. The summed E-state index contributed by atoms with van der Waals surface area (Å²) in [6.07, 6.45) is 3.52. The highest BCUT2D eigenvalue weighted by Gasteiger charge is 2.26.